The number of thioether (sulfide) groups is 1. The van der Waals surface area contributed by atoms with Gasteiger partial charge in [-0.25, -0.2) is 9.67 Å². The monoisotopic (exact) mass is 382 g/mol. The number of rotatable bonds is 5. The highest BCUT2D eigenvalue weighted by atomic mass is 32.2. The number of carbonyl (C=O) groups excluding carboxylic acids is 1. The van der Waals surface area contributed by atoms with Crippen molar-refractivity contribution in [1.29, 1.82) is 0 Å². The van der Waals surface area contributed by atoms with Gasteiger partial charge in [-0.15, -0.1) is 5.10 Å². The third-order valence-electron chi connectivity index (χ3n) is 4.81. The summed E-state index contributed by atoms with van der Waals surface area (Å²) in [5.74, 6) is -0.155. The number of carbonyl (C=O) groups is 1. The minimum Gasteiger partial charge on any atom is -0.348 e. The molecule has 1 aliphatic carbocycles. The number of imidazole rings is 1. The van der Waals surface area contributed by atoms with Gasteiger partial charge >= 0.3 is 0 Å². The highest BCUT2D eigenvalue weighted by Crippen LogP contribution is 2.32. The van der Waals surface area contributed by atoms with Crippen molar-refractivity contribution in [3.8, 4) is 5.69 Å². The van der Waals surface area contributed by atoms with Crippen LogP contribution in [0.2, 0.25) is 0 Å². The molecule has 1 N–H and O–H groups in total. The molecule has 0 unspecified atom stereocenters. The van der Waals surface area contributed by atoms with Crippen molar-refractivity contribution in [3.63, 3.8) is 0 Å². The summed E-state index contributed by atoms with van der Waals surface area (Å²) in [5, 5.41) is 12.8. The molecule has 0 aliphatic heterocycles. The second-order valence-electron chi connectivity index (χ2n) is 6.77. The molecule has 2 heterocycles. The van der Waals surface area contributed by atoms with E-state index in [-0.39, 0.29) is 11.9 Å². The quantitative estimate of drug-likeness (QED) is 0.734. The Morgan fingerprint density at radius 3 is 2.67 bits per heavy atom. The van der Waals surface area contributed by atoms with Crippen molar-refractivity contribution in [2.75, 3.05) is 0 Å². The van der Waals surface area contributed by atoms with Crippen LogP contribution in [0.1, 0.15) is 36.2 Å². The number of nitrogens with zero attached hydrogens (tertiary/aromatic N) is 5. The average molecular weight is 382 g/mol. The smallest absolute Gasteiger partial charge is 0.273 e. The molecule has 0 saturated heterocycles. The molecule has 0 spiro atoms. The zero-order valence-electron chi connectivity index (χ0n) is 15.2. The Hall–Kier alpha value is -2.61. The van der Waals surface area contributed by atoms with Crippen LogP contribution in [0.25, 0.3) is 5.69 Å². The average Bonchev–Trinajstić information content (AvgIpc) is 3.34. The fraction of sp³-hybridized carbons (Fsp3) is 0.368. The maximum absolute atomic E-state index is 12.5. The highest BCUT2D eigenvalue weighted by molar-refractivity contribution is 7.99. The molecular weight excluding hydrogens is 360 g/mol. The first-order valence-electron chi connectivity index (χ1n) is 9.11. The standard InChI is InChI=1S/C19H22N6OS/c1-24-12-11-20-19(24)27-16-9-7-14(8-10-16)21-18(26)17-13-25(23-22-17)15-5-3-2-4-6-15/h2-6,11-14,16H,7-10H2,1H3,(H,21,26). The van der Waals surface area contributed by atoms with E-state index in [1.54, 1.807) is 10.9 Å². The van der Waals surface area contributed by atoms with E-state index >= 15 is 0 Å². The van der Waals surface area contributed by atoms with E-state index in [2.05, 4.69) is 25.2 Å². The third kappa shape index (κ3) is 4.21. The minimum absolute atomic E-state index is 0.155. The molecule has 7 nitrogen and oxygen atoms in total. The van der Waals surface area contributed by atoms with Crippen LogP contribution < -0.4 is 5.32 Å². The van der Waals surface area contributed by atoms with E-state index in [9.17, 15) is 4.79 Å². The zero-order chi connectivity index (χ0) is 18.6. The highest BCUT2D eigenvalue weighted by Gasteiger charge is 2.25. The van der Waals surface area contributed by atoms with Gasteiger partial charge in [0, 0.05) is 30.7 Å². The van der Waals surface area contributed by atoms with Gasteiger partial charge in [-0.2, -0.15) is 0 Å². The molecule has 1 fully saturated rings. The molecule has 0 bridgehead atoms. The Morgan fingerprint density at radius 1 is 1.19 bits per heavy atom. The largest absolute Gasteiger partial charge is 0.348 e. The lowest BCUT2D eigenvalue weighted by atomic mass is 9.95. The van der Waals surface area contributed by atoms with E-state index in [1.165, 1.54) is 0 Å². The number of para-hydroxylation sites is 1. The molecule has 0 atom stereocenters. The van der Waals surface area contributed by atoms with E-state index in [4.69, 9.17) is 0 Å². The Morgan fingerprint density at radius 2 is 1.96 bits per heavy atom. The number of amides is 1. The molecule has 8 heteroatoms. The van der Waals surface area contributed by atoms with Crippen molar-refractivity contribution < 1.29 is 4.79 Å². The van der Waals surface area contributed by atoms with Gasteiger partial charge in [0.15, 0.2) is 10.9 Å². The van der Waals surface area contributed by atoms with Gasteiger partial charge in [-0.05, 0) is 37.8 Å². The number of aromatic nitrogens is 5. The minimum atomic E-state index is -0.155. The normalized spacial score (nSPS) is 19.7. The predicted molar refractivity (Wildman–Crippen MR) is 104 cm³/mol. The van der Waals surface area contributed by atoms with Crippen LogP contribution in [-0.2, 0) is 7.05 Å². The van der Waals surface area contributed by atoms with Crippen LogP contribution in [0.15, 0.2) is 54.1 Å². The van der Waals surface area contributed by atoms with E-state index in [0.717, 1.165) is 36.5 Å². The summed E-state index contributed by atoms with van der Waals surface area (Å²) in [6.07, 6.45) is 9.56. The molecule has 0 radical (unpaired) electrons. The summed E-state index contributed by atoms with van der Waals surface area (Å²) in [7, 11) is 2.02. The molecule has 2 aromatic heterocycles. The first-order valence-corrected chi connectivity index (χ1v) is 9.99. The first kappa shape index (κ1) is 17.8. The van der Waals surface area contributed by atoms with Crippen LogP contribution in [-0.4, -0.2) is 41.7 Å². The van der Waals surface area contributed by atoms with Gasteiger partial charge in [-0.3, -0.25) is 4.79 Å². The van der Waals surface area contributed by atoms with E-state index in [1.807, 2.05) is 61.5 Å². The lowest BCUT2D eigenvalue weighted by Crippen LogP contribution is -2.38. The van der Waals surface area contributed by atoms with Crippen molar-refractivity contribution in [1.82, 2.24) is 29.9 Å². The first-order chi connectivity index (χ1) is 13.2. The van der Waals surface area contributed by atoms with Crippen molar-refractivity contribution in [2.24, 2.45) is 7.05 Å². The van der Waals surface area contributed by atoms with E-state index in [0.29, 0.717) is 10.9 Å². The SMILES string of the molecule is Cn1ccnc1SC1CCC(NC(=O)c2cn(-c3ccccc3)nn2)CC1. The molecule has 3 aromatic rings. The predicted octanol–water partition coefficient (Wildman–Crippen LogP) is 2.83. The van der Waals surface area contributed by atoms with Gasteiger partial charge in [0.2, 0.25) is 0 Å². The van der Waals surface area contributed by atoms with Crippen molar-refractivity contribution in [3.05, 3.63) is 54.6 Å². The number of nitrogens with one attached hydrogen (secondary N) is 1. The maximum Gasteiger partial charge on any atom is 0.273 e. The van der Waals surface area contributed by atoms with Gasteiger partial charge in [0.1, 0.15) is 0 Å². The second kappa shape index (κ2) is 7.96. The summed E-state index contributed by atoms with van der Waals surface area (Å²) in [6, 6.07) is 9.85. The topological polar surface area (TPSA) is 77.6 Å². The van der Waals surface area contributed by atoms with Crippen LogP contribution in [0.4, 0.5) is 0 Å². The summed E-state index contributed by atoms with van der Waals surface area (Å²) in [4.78, 5) is 16.9. The molecule has 1 aliphatic rings. The zero-order valence-corrected chi connectivity index (χ0v) is 16.0. The Labute approximate surface area is 162 Å². The fourth-order valence-electron chi connectivity index (χ4n) is 3.27. The Kier molecular flexibility index (Phi) is 5.24. The lowest BCUT2D eigenvalue weighted by Gasteiger charge is -2.28. The third-order valence-corrected chi connectivity index (χ3v) is 6.21. The van der Waals surface area contributed by atoms with Gasteiger partial charge < -0.3 is 9.88 Å². The van der Waals surface area contributed by atoms with Crippen molar-refractivity contribution >= 4 is 17.7 Å². The number of benzene rings is 1. The fourth-order valence-corrected chi connectivity index (χ4v) is 4.43. The number of aryl methyl sites for hydroxylation is 1. The molecule has 1 amide bonds. The van der Waals surface area contributed by atoms with Crippen LogP contribution in [0.3, 0.4) is 0 Å². The molecular formula is C19H22N6OS. The van der Waals surface area contributed by atoms with E-state index < -0.39 is 0 Å². The number of hydrogen-bond donors (Lipinski definition) is 1. The van der Waals surface area contributed by atoms with Crippen LogP contribution >= 0.6 is 11.8 Å². The molecule has 1 saturated carbocycles. The van der Waals surface area contributed by atoms with Crippen LogP contribution in [0, 0.1) is 0 Å². The second-order valence-corrected chi connectivity index (χ2v) is 8.04. The van der Waals surface area contributed by atoms with Gasteiger partial charge in [0.25, 0.3) is 5.91 Å². The van der Waals surface area contributed by atoms with Gasteiger partial charge in [0.05, 0.1) is 11.9 Å². The van der Waals surface area contributed by atoms with Crippen LogP contribution in [0.5, 0.6) is 0 Å². The lowest BCUT2D eigenvalue weighted by molar-refractivity contribution is 0.0923. The maximum atomic E-state index is 12.5. The Bertz CT molecular complexity index is 898. The molecule has 4 rings (SSSR count). The molecule has 140 valence electrons. The number of hydrogen-bond acceptors (Lipinski definition) is 5. The summed E-state index contributed by atoms with van der Waals surface area (Å²) < 4.78 is 3.67. The summed E-state index contributed by atoms with van der Waals surface area (Å²) >= 11 is 1.83. The molecule has 27 heavy (non-hydrogen) atoms. The van der Waals surface area contributed by atoms with Gasteiger partial charge in [-0.1, -0.05) is 35.2 Å². The molecule has 1 aromatic carbocycles. The Balaban J connectivity index is 1.30. The summed E-state index contributed by atoms with van der Waals surface area (Å²) in [5.41, 5.74) is 1.24. The van der Waals surface area contributed by atoms with Crippen molar-refractivity contribution in [2.45, 2.75) is 42.1 Å². The summed E-state index contributed by atoms with van der Waals surface area (Å²) in [6.45, 7) is 0.